The van der Waals surface area contributed by atoms with Gasteiger partial charge < -0.3 is 9.94 Å². The van der Waals surface area contributed by atoms with Gasteiger partial charge in [0.25, 0.3) is 0 Å². The molecule has 0 aromatic heterocycles. The molecule has 0 spiro atoms. The first-order valence-corrected chi connectivity index (χ1v) is 3.48. The second kappa shape index (κ2) is 3.71. The van der Waals surface area contributed by atoms with Gasteiger partial charge in [-0.2, -0.15) is 5.06 Å². The molecule has 1 unspecified atom stereocenters. The van der Waals surface area contributed by atoms with Gasteiger partial charge in [-0.1, -0.05) is 6.08 Å². The molecule has 1 saturated heterocycles. The SMILES string of the molecule is C=CCC1COCCN1O. The third-order valence-electron chi connectivity index (χ3n) is 1.64. The second-order valence-corrected chi connectivity index (χ2v) is 2.42. The van der Waals surface area contributed by atoms with Crippen LogP contribution in [0.3, 0.4) is 0 Å². The van der Waals surface area contributed by atoms with E-state index in [1.165, 1.54) is 5.06 Å². The largest absolute Gasteiger partial charge is 0.378 e. The molecule has 3 nitrogen and oxygen atoms in total. The molecular formula is C7H13NO2. The van der Waals surface area contributed by atoms with E-state index >= 15 is 0 Å². The summed E-state index contributed by atoms with van der Waals surface area (Å²) < 4.78 is 5.16. The lowest BCUT2D eigenvalue weighted by Crippen LogP contribution is -2.42. The third kappa shape index (κ3) is 1.80. The zero-order valence-electron chi connectivity index (χ0n) is 5.99. The van der Waals surface area contributed by atoms with Gasteiger partial charge >= 0.3 is 0 Å². The summed E-state index contributed by atoms with van der Waals surface area (Å²) in [5.41, 5.74) is 0. The van der Waals surface area contributed by atoms with Gasteiger partial charge in [0.15, 0.2) is 0 Å². The lowest BCUT2D eigenvalue weighted by molar-refractivity contribution is -0.179. The summed E-state index contributed by atoms with van der Waals surface area (Å²) >= 11 is 0. The first-order chi connectivity index (χ1) is 4.84. The van der Waals surface area contributed by atoms with Crippen LogP contribution in [0.1, 0.15) is 6.42 Å². The molecule has 1 heterocycles. The fourth-order valence-corrected chi connectivity index (χ4v) is 1.03. The van der Waals surface area contributed by atoms with Gasteiger partial charge in [0.1, 0.15) is 0 Å². The van der Waals surface area contributed by atoms with Crippen molar-refractivity contribution in [2.45, 2.75) is 12.5 Å². The van der Waals surface area contributed by atoms with E-state index in [1.807, 2.05) is 0 Å². The van der Waals surface area contributed by atoms with E-state index in [9.17, 15) is 5.21 Å². The molecule has 0 saturated carbocycles. The van der Waals surface area contributed by atoms with Crippen LogP contribution in [0.4, 0.5) is 0 Å². The maximum atomic E-state index is 9.21. The molecule has 0 aromatic rings. The minimum atomic E-state index is 0.117. The van der Waals surface area contributed by atoms with E-state index in [4.69, 9.17) is 4.74 Å². The zero-order valence-corrected chi connectivity index (χ0v) is 5.99. The van der Waals surface area contributed by atoms with Crippen molar-refractivity contribution in [2.24, 2.45) is 0 Å². The Morgan fingerprint density at radius 2 is 2.60 bits per heavy atom. The highest BCUT2D eigenvalue weighted by Crippen LogP contribution is 2.07. The summed E-state index contributed by atoms with van der Waals surface area (Å²) in [7, 11) is 0. The van der Waals surface area contributed by atoms with Crippen molar-refractivity contribution >= 4 is 0 Å². The van der Waals surface area contributed by atoms with Gasteiger partial charge in [0, 0.05) is 6.54 Å². The predicted octanol–water partition coefficient (Wildman–Crippen LogP) is 0.652. The minimum absolute atomic E-state index is 0.117. The highest BCUT2D eigenvalue weighted by Gasteiger charge is 2.19. The fraction of sp³-hybridized carbons (Fsp3) is 0.714. The maximum Gasteiger partial charge on any atom is 0.0648 e. The van der Waals surface area contributed by atoms with E-state index in [0.717, 1.165) is 6.42 Å². The van der Waals surface area contributed by atoms with Crippen LogP contribution >= 0.6 is 0 Å². The lowest BCUT2D eigenvalue weighted by Gasteiger charge is -2.29. The van der Waals surface area contributed by atoms with E-state index in [1.54, 1.807) is 6.08 Å². The van der Waals surface area contributed by atoms with E-state index < -0.39 is 0 Å². The Kier molecular flexibility index (Phi) is 2.86. The number of hydrogen-bond donors (Lipinski definition) is 1. The number of nitrogens with zero attached hydrogens (tertiary/aromatic N) is 1. The Balaban J connectivity index is 2.32. The molecule has 0 radical (unpaired) electrons. The molecule has 1 fully saturated rings. The molecule has 1 rings (SSSR count). The average molecular weight is 143 g/mol. The van der Waals surface area contributed by atoms with Gasteiger partial charge in [0.05, 0.1) is 19.3 Å². The van der Waals surface area contributed by atoms with Crippen molar-refractivity contribution in [3.63, 3.8) is 0 Å². The van der Waals surface area contributed by atoms with E-state index in [0.29, 0.717) is 19.8 Å². The Morgan fingerprint density at radius 1 is 1.80 bits per heavy atom. The van der Waals surface area contributed by atoms with Crippen LogP contribution in [0.5, 0.6) is 0 Å². The van der Waals surface area contributed by atoms with Gasteiger partial charge in [0.2, 0.25) is 0 Å². The van der Waals surface area contributed by atoms with Gasteiger partial charge in [-0.3, -0.25) is 0 Å². The fourth-order valence-electron chi connectivity index (χ4n) is 1.03. The van der Waals surface area contributed by atoms with Crippen molar-refractivity contribution in [2.75, 3.05) is 19.8 Å². The van der Waals surface area contributed by atoms with Gasteiger partial charge in [-0.05, 0) is 6.42 Å². The third-order valence-corrected chi connectivity index (χ3v) is 1.64. The van der Waals surface area contributed by atoms with Crippen LogP contribution in [0.2, 0.25) is 0 Å². The summed E-state index contributed by atoms with van der Waals surface area (Å²) in [5, 5.41) is 10.5. The number of hydrogen-bond acceptors (Lipinski definition) is 3. The standard InChI is InChI=1S/C7H13NO2/c1-2-3-7-6-10-5-4-8(7)9/h2,7,9H,1,3-6H2. The van der Waals surface area contributed by atoms with Crippen molar-refractivity contribution in [1.29, 1.82) is 0 Å². The van der Waals surface area contributed by atoms with Crippen molar-refractivity contribution < 1.29 is 9.94 Å². The van der Waals surface area contributed by atoms with Crippen molar-refractivity contribution in [3.05, 3.63) is 12.7 Å². The van der Waals surface area contributed by atoms with Crippen molar-refractivity contribution in [1.82, 2.24) is 5.06 Å². The van der Waals surface area contributed by atoms with Gasteiger partial charge in [-0.15, -0.1) is 6.58 Å². The van der Waals surface area contributed by atoms with Crippen LogP contribution < -0.4 is 0 Å². The first-order valence-electron chi connectivity index (χ1n) is 3.48. The van der Waals surface area contributed by atoms with Gasteiger partial charge in [-0.25, -0.2) is 0 Å². The maximum absolute atomic E-state index is 9.21. The Hall–Kier alpha value is -0.380. The first kappa shape index (κ1) is 7.72. The summed E-state index contributed by atoms with van der Waals surface area (Å²) in [6, 6.07) is 0.117. The molecule has 1 aliphatic heterocycles. The topological polar surface area (TPSA) is 32.7 Å². The van der Waals surface area contributed by atoms with E-state index in [-0.39, 0.29) is 6.04 Å². The molecule has 0 amide bonds. The summed E-state index contributed by atoms with van der Waals surface area (Å²) in [4.78, 5) is 0. The normalized spacial score (nSPS) is 28.3. The molecule has 58 valence electrons. The highest BCUT2D eigenvalue weighted by atomic mass is 16.5. The number of morpholine rings is 1. The van der Waals surface area contributed by atoms with Crippen LogP contribution in [-0.4, -0.2) is 36.1 Å². The zero-order chi connectivity index (χ0) is 7.40. The van der Waals surface area contributed by atoms with Crippen LogP contribution in [-0.2, 0) is 4.74 Å². The molecule has 0 aliphatic carbocycles. The van der Waals surface area contributed by atoms with E-state index in [2.05, 4.69) is 6.58 Å². The number of rotatable bonds is 2. The lowest BCUT2D eigenvalue weighted by atomic mass is 10.2. The van der Waals surface area contributed by atoms with Crippen LogP contribution in [0.25, 0.3) is 0 Å². The molecule has 0 bridgehead atoms. The summed E-state index contributed by atoms with van der Waals surface area (Å²) in [5.74, 6) is 0. The highest BCUT2D eigenvalue weighted by molar-refractivity contribution is 4.78. The summed E-state index contributed by atoms with van der Waals surface area (Å²) in [6.07, 6.45) is 2.58. The minimum Gasteiger partial charge on any atom is -0.378 e. The van der Waals surface area contributed by atoms with Crippen LogP contribution in [0, 0.1) is 0 Å². The predicted molar refractivity (Wildman–Crippen MR) is 37.9 cm³/mol. The molecule has 3 heteroatoms. The van der Waals surface area contributed by atoms with Crippen molar-refractivity contribution in [3.8, 4) is 0 Å². The molecule has 1 aliphatic rings. The number of ether oxygens (including phenoxy) is 1. The quantitative estimate of drug-likeness (QED) is 0.576. The monoisotopic (exact) mass is 143 g/mol. The molecule has 1 atom stereocenters. The summed E-state index contributed by atoms with van der Waals surface area (Å²) in [6.45, 7) is 5.45. The smallest absolute Gasteiger partial charge is 0.0648 e. The number of hydroxylamine groups is 2. The van der Waals surface area contributed by atoms with Crippen LogP contribution in [0.15, 0.2) is 12.7 Å². The average Bonchev–Trinajstić information content (AvgIpc) is 1.94. The molecule has 1 N–H and O–H groups in total. The molecule has 0 aromatic carbocycles. The second-order valence-electron chi connectivity index (χ2n) is 2.42. The Labute approximate surface area is 60.9 Å². The Bertz CT molecular complexity index is 116. The molecule has 10 heavy (non-hydrogen) atoms. The molecular weight excluding hydrogens is 130 g/mol. The Morgan fingerprint density at radius 3 is 3.20 bits per heavy atom.